The smallest absolute Gasteiger partial charge is 0.217 e. The van der Waals surface area contributed by atoms with Crippen molar-refractivity contribution in [2.24, 2.45) is 0 Å². The highest BCUT2D eigenvalue weighted by Gasteiger charge is 2.18. The van der Waals surface area contributed by atoms with E-state index in [1.807, 2.05) is 28.2 Å². The molecule has 0 atom stereocenters. The summed E-state index contributed by atoms with van der Waals surface area (Å²) in [5.41, 5.74) is 3.65. The van der Waals surface area contributed by atoms with Gasteiger partial charge in [0.15, 0.2) is 5.65 Å². The fraction of sp³-hybridized carbons (Fsp3) is 0.250. The number of thiazole rings is 1. The highest BCUT2D eigenvalue weighted by atomic mass is 32.2. The van der Waals surface area contributed by atoms with Gasteiger partial charge in [-0.3, -0.25) is 0 Å². The van der Waals surface area contributed by atoms with Gasteiger partial charge in [0.1, 0.15) is 5.82 Å². The number of nitrogens with one attached hydrogen (secondary N) is 1. The molecule has 1 aromatic carbocycles. The second kappa shape index (κ2) is 5.71. The third kappa shape index (κ3) is 2.51. The number of nitrogens with zero attached hydrogens (tertiary/aromatic N) is 5. The largest absolute Gasteiger partial charge is 0.366 e. The van der Waals surface area contributed by atoms with E-state index in [0.717, 1.165) is 27.0 Å². The van der Waals surface area contributed by atoms with Crippen molar-refractivity contribution in [2.45, 2.75) is 35.4 Å². The van der Waals surface area contributed by atoms with E-state index in [1.165, 1.54) is 24.0 Å². The topological polar surface area (TPSA) is 68.0 Å². The van der Waals surface area contributed by atoms with Crippen molar-refractivity contribution in [3.05, 3.63) is 35.8 Å². The van der Waals surface area contributed by atoms with E-state index in [9.17, 15) is 0 Å². The summed E-state index contributed by atoms with van der Waals surface area (Å²) in [5, 5.41) is 17.4. The highest BCUT2D eigenvalue weighted by molar-refractivity contribution is 7.99. The Bertz CT molecular complexity index is 1020. The number of hydrogen-bond donors (Lipinski definition) is 1. The molecule has 0 unspecified atom stereocenters. The molecule has 3 heterocycles. The van der Waals surface area contributed by atoms with Crippen LogP contribution in [0.4, 0.5) is 5.82 Å². The maximum absolute atomic E-state index is 4.66. The maximum atomic E-state index is 4.66. The third-order valence-corrected chi connectivity index (χ3v) is 5.92. The minimum absolute atomic E-state index is 0.552. The van der Waals surface area contributed by atoms with E-state index in [2.05, 4.69) is 37.7 Å². The van der Waals surface area contributed by atoms with Crippen molar-refractivity contribution in [1.82, 2.24) is 24.8 Å². The lowest BCUT2D eigenvalue weighted by Crippen LogP contribution is -2.27. The Morgan fingerprint density at radius 3 is 3.00 bits per heavy atom. The Balaban J connectivity index is 1.47. The molecule has 0 radical (unpaired) electrons. The SMILES string of the molecule is c1nc2ccc(Sc3nnc4ccc(NC5CCC5)nn34)cc2s1. The van der Waals surface area contributed by atoms with Gasteiger partial charge in [0.2, 0.25) is 5.16 Å². The van der Waals surface area contributed by atoms with Crippen LogP contribution in [-0.4, -0.2) is 30.8 Å². The quantitative estimate of drug-likeness (QED) is 0.600. The molecule has 120 valence electrons. The Labute approximate surface area is 146 Å². The molecule has 5 rings (SSSR count). The van der Waals surface area contributed by atoms with Crippen LogP contribution in [0.25, 0.3) is 15.9 Å². The maximum Gasteiger partial charge on any atom is 0.217 e. The number of fused-ring (bicyclic) bond motifs is 2. The van der Waals surface area contributed by atoms with Gasteiger partial charge >= 0.3 is 0 Å². The summed E-state index contributed by atoms with van der Waals surface area (Å²) in [5.74, 6) is 0.881. The lowest BCUT2D eigenvalue weighted by molar-refractivity contribution is 0.443. The van der Waals surface area contributed by atoms with Gasteiger partial charge in [0.05, 0.1) is 15.7 Å². The predicted molar refractivity (Wildman–Crippen MR) is 95.8 cm³/mol. The monoisotopic (exact) mass is 354 g/mol. The number of hydrogen-bond acceptors (Lipinski definition) is 7. The summed E-state index contributed by atoms with van der Waals surface area (Å²) in [6.45, 7) is 0. The molecule has 0 aliphatic heterocycles. The van der Waals surface area contributed by atoms with E-state index in [1.54, 1.807) is 23.1 Å². The fourth-order valence-corrected chi connectivity index (χ4v) is 4.29. The molecular weight excluding hydrogens is 340 g/mol. The molecule has 0 saturated heterocycles. The van der Waals surface area contributed by atoms with E-state index in [0.29, 0.717) is 6.04 Å². The van der Waals surface area contributed by atoms with Gasteiger partial charge in [-0.2, -0.15) is 4.52 Å². The zero-order chi connectivity index (χ0) is 15.9. The van der Waals surface area contributed by atoms with Gasteiger partial charge < -0.3 is 5.32 Å². The molecule has 3 aromatic heterocycles. The van der Waals surface area contributed by atoms with Crippen molar-refractivity contribution in [2.75, 3.05) is 5.32 Å². The van der Waals surface area contributed by atoms with Crippen molar-refractivity contribution in [3.8, 4) is 0 Å². The van der Waals surface area contributed by atoms with Gasteiger partial charge in [-0.1, -0.05) is 0 Å². The Hall–Kier alpha value is -2.19. The van der Waals surface area contributed by atoms with Crippen molar-refractivity contribution in [3.63, 3.8) is 0 Å². The van der Waals surface area contributed by atoms with Crippen LogP contribution < -0.4 is 5.32 Å². The highest BCUT2D eigenvalue weighted by Crippen LogP contribution is 2.30. The summed E-state index contributed by atoms with van der Waals surface area (Å²) in [4.78, 5) is 5.43. The zero-order valence-electron chi connectivity index (χ0n) is 12.7. The average molecular weight is 354 g/mol. The summed E-state index contributed by atoms with van der Waals surface area (Å²) in [6, 6.07) is 10.7. The molecule has 1 aliphatic rings. The molecule has 8 heteroatoms. The van der Waals surface area contributed by atoms with Crippen LogP contribution in [0.15, 0.2) is 45.9 Å². The summed E-state index contributed by atoms with van der Waals surface area (Å²) < 4.78 is 2.98. The van der Waals surface area contributed by atoms with Gasteiger partial charge in [0, 0.05) is 10.9 Å². The van der Waals surface area contributed by atoms with Gasteiger partial charge in [-0.05, 0) is 61.4 Å². The van der Waals surface area contributed by atoms with Crippen LogP contribution in [0.5, 0.6) is 0 Å². The minimum atomic E-state index is 0.552. The average Bonchev–Trinajstić information content (AvgIpc) is 3.18. The van der Waals surface area contributed by atoms with Crippen LogP contribution in [0.2, 0.25) is 0 Å². The predicted octanol–water partition coefficient (Wildman–Crippen LogP) is 3.85. The normalized spacial score (nSPS) is 15.0. The van der Waals surface area contributed by atoms with Crippen molar-refractivity contribution < 1.29 is 0 Å². The first-order valence-electron chi connectivity index (χ1n) is 7.85. The zero-order valence-corrected chi connectivity index (χ0v) is 14.3. The summed E-state index contributed by atoms with van der Waals surface area (Å²) >= 11 is 3.21. The standard InChI is InChI=1S/C16H14N6S2/c1-2-10(3-1)18-14-6-7-15-19-20-16(22(15)21-14)24-11-4-5-12-13(8-11)23-9-17-12/h4-10H,1-3H2,(H,18,21). The number of benzene rings is 1. The molecule has 6 nitrogen and oxygen atoms in total. The molecule has 1 saturated carbocycles. The Kier molecular flexibility index (Phi) is 3.37. The molecule has 4 aromatic rings. The number of anilines is 1. The van der Waals surface area contributed by atoms with E-state index >= 15 is 0 Å². The second-order valence-corrected chi connectivity index (χ2v) is 7.75. The summed E-state index contributed by atoms with van der Waals surface area (Å²) in [6.07, 6.45) is 3.74. The van der Waals surface area contributed by atoms with E-state index < -0.39 is 0 Å². The van der Waals surface area contributed by atoms with Crippen LogP contribution in [-0.2, 0) is 0 Å². The second-order valence-electron chi connectivity index (χ2n) is 5.83. The van der Waals surface area contributed by atoms with E-state index in [-0.39, 0.29) is 0 Å². The van der Waals surface area contributed by atoms with Gasteiger partial charge in [-0.15, -0.1) is 26.6 Å². The van der Waals surface area contributed by atoms with Crippen molar-refractivity contribution >= 4 is 44.8 Å². The fourth-order valence-electron chi connectivity index (χ4n) is 2.68. The first kappa shape index (κ1) is 14.2. The molecule has 0 spiro atoms. The molecule has 0 bridgehead atoms. The molecule has 1 N–H and O–H groups in total. The third-order valence-electron chi connectivity index (χ3n) is 4.20. The number of rotatable bonds is 4. The Morgan fingerprint density at radius 1 is 1.17 bits per heavy atom. The molecule has 1 aliphatic carbocycles. The lowest BCUT2D eigenvalue weighted by Gasteiger charge is -2.26. The number of aromatic nitrogens is 5. The minimum Gasteiger partial charge on any atom is -0.366 e. The van der Waals surface area contributed by atoms with Crippen LogP contribution in [0.1, 0.15) is 19.3 Å². The van der Waals surface area contributed by atoms with Crippen LogP contribution in [0.3, 0.4) is 0 Å². The molecular formula is C16H14N6S2. The summed E-state index contributed by atoms with van der Waals surface area (Å²) in [7, 11) is 0. The van der Waals surface area contributed by atoms with Gasteiger partial charge in [-0.25, -0.2) is 4.98 Å². The van der Waals surface area contributed by atoms with Crippen LogP contribution in [0, 0.1) is 0 Å². The van der Waals surface area contributed by atoms with Crippen molar-refractivity contribution in [1.29, 1.82) is 0 Å². The molecule has 24 heavy (non-hydrogen) atoms. The first-order valence-corrected chi connectivity index (χ1v) is 9.55. The Morgan fingerprint density at radius 2 is 2.12 bits per heavy atom. The lowest BCUT2D eigenvalue weighted by atomic mass is 9.93. The van der Waals surface area contributed by atoms with Crippen LogP contribution >= 0.6 is 23.1 Å². The molecule has 1 fully saturated rings. The van der Waals surface area contributed by atoms with Gasteiger partial charge in [0.25, 0.3) is 0 Å². The molecule has 0 amide bonds. The van der Waals surface area contributed by atoms with E-state index in [4.69, 9.17) is 0 Å². The first-order chi connectivity index (χ1) is 11.8.